The van der Waals surface area contributed by atoms with Gasteiger partial charge in [-0.1, -0.05) is 51.1 Å². The summed E-state index contributed by atoms with van der Waals surface area (Å²) >= 11 is 0. The van der Waals surface area contributed by atoms with Crippen molar-refractivity contribution in [2.45, 2.75) is 96.8 Å². The first-order chi connectivity index (χ1) is 38.4. The molecule has 21 nitrogen and oxygen atoms in total. The monoisotopic (exact) mass is 1120 g/mol. The van der Waals surface area contributed by atoms with Crippen LogP contribution < -0.4 is 36.6 Å². The fraction of sp³-hybridized carbons (Fsp3) is 0.518. The molecule has 434 valence electrons. The number of nitrogens with zero attached hydrogens (tertiary/aromatic N) is 5. The maximum absolute atomic E-state index is 14.7. The van der Waals surface area contributed by atoms with E-state index in [1.165, 1.54) is 23.9 Å². The van der Waals surface area contributed by atoms with Crippen LogP contribution in [0.4, 0.5) is 24.7 Å². The topological polar surface area (TPSA) is 247 Å². The largest absolute Gasteiger partial charge is 0.491 e. The Hall–Kier alpha value is -6.96. The predicted octanol–water partition coefficient (Wildman–Crippen LogP) is 5.52. The van der Waals surface area contributed by atoms with Gasteiger partial charge in [-0.15, -0.1) is 0 Å². The summed E-state index contributed by atoms with van der Waals surface area (Å²) in [6, 6.07) is 14.4. The van der Waals surface area contributed by atoms with Crippen LogP contribution in [-0.4, -0.2) is 152 Å². The quantitative estimate of drug-likeness (QED) is 0.0323. The van der Waals surface area contributed by atoms with E-state index in [1.807, 2.05) is 51.1 Å². The summed E-state index contributed by atoms with van der Waals surface area (Å²) in [5.74, 6) is -0.797. The molecular weight excluding hydrogens is 1040 g/mol. The molecule has 0 unspecified atom stereocenters. The molecule has 0 spiro atoms. The van der Waals surface area contributed by atoms with Gasteiger partial charge in [-0.2, -0.15) is 18.3 Å². The highest BCUT2D eigenvalue weighted by Gasteiger charge is 2.43. The number of fused-ring (bicyclic) bond motifs is 2. The molecule has 7 rings (SSSR count). The normalized spacial score (nSPS) is 16.0. The molecule has 0 saturated carbocycles. The molecule has 4 amide bonds. The van der Waals surface area contributed by atoms with Gasteiger partial charge in [-0.05, 0) is 85.2 Å². The Bertz CT molecular complexity index is 2840. The van der Waals surface area contributed by atoms with E-state index in [9.17, 15) is 32.3 Å². The number of aryl methyl sites for hydroxylation is 2. The van der Waals surface area contributed by atoms with Crippen LogP contribution in [0, 0.1) is 5.41 Å². The summed E-state index contributed by atoms with van der Waals surface area (Å²) < 4.78 is 73.6. The average molecular weight is 1120 g/mol. The predicted molar refractivity (Wildman–Crippen MR) is 291 cm³/mol. The zero-order valence-corrected chi connectivity index (χ0v) is 46.2. The molecule has 1 aliphatic heterocycles. The highest BCUT2D eigenvalue weighted by Crippen LogP contribution is 2.34. The number of nitrogens with one attached hydrogen (secondary N) is 6. The van der Waals surface area contributed by atoms with Crippen molar-refractivity contribution in [3.8, 4) is 17.2 Å². The zero-order chi connectivity index (χ0) is 57.2. The second kappa shape index (κ2) is 29.0. The Morgan fingerprint density at radius 2 is 1.59 bits per heavy atom. The molecule has 24 heteroatoms. The number of oxazole rings is 1. The van der Waals surface area contributed by atoms with Crippen molar-refractivity contribution >= 4 is 35.1 Å². The van der Waals surface area contributed by atoms with Gasteiger partial charge in [-0.3, -0.25) is 23.9 Å². The average Bonchev–Trinajstić information content (AvgIpc) is 4.12. The van der Waals surface area contributed by atoms with Crippen LogP contribution in [0.5, 0.6) is 5.75 Å². The minimum atomic E-state index is -4.42. The summed E-state index contributed by atoms with van der Waals surface area (Å²) in [4.78, 5) is 64.9. The Morgan fingerprint density at radius 1 is 0.875 bits per heavy atom. The molecular formula is C56H74F3N11O10. The number of benzene rings is 2. The molecule has 0 saturated heterocycles. The van der Waals surface area contributed by atoms with Crippen LogP contribution in [0.3, 0.4) is 0 Å². The van der Waals surface area contributed by atoms with Crippen molar-refractivity contribution in [2.24, 2.45) is 12.5 Å². The van der Waals surface area contributed by atoms with E-state index in [0.29, 0.717) is 95.1 Å². The van der Waals surface area contributed by atoms with Gasteiger partial charge >= 0.3 is 6.18 Å². The number of anilines is 2. The summed E-state index contributed by atoms with van der Waals surface area (Å²) in [5, 5.41) is 21.8. The van der Waals surface area contributed by atoms with E-state index in [1.54, 1.807) is 36.8 Å². The fourth-order valence-electron chi connectivity index (χ4n) is 9.15. The number of hydrogen-bond acceptors (Lipinski definition) is 16. The Labute approximate surface area is 463 Å². The standard InChI is InChI=1S/C56H74F3N11O10/c1-36(60-5)50(71)67-49(55(2,3)4)54(74)70-32-40-28-41(15-14-38(40)29-47(70)52(73)64-43-13-9-11-37-10-7-8-12-42(37)43)79-27-26-78-25-24-77-23-22-76-21-20-75-19-18-61-31-44-45(33-69(6)68-44)65-51(72)46-34-80-53(66-46)39-16-17-62-48(30-39)63-35-56(57,58)59/h7-8,10,12,14-17,28,30,33-34,36,43,47,49,60-61H,9,11,13,18-27,29,31-32,35H2,1-6H3,(H,62,63)(H,64,73)(H,65,72)(H,67,71)/t36-,43+,47-,49+/m0/s1. The van der Waals surface area contributed by atoms with Gasteiger partial charge in [0.15, 0.2) is 5.69 Å². The number of halogens is 3. The van der Waals surface area contributed by atoms with Gasteiger partial charge in [-0.25, -0.2) is 9.97 Å². The minimum absolute atomic E-state index is 0.0226. The Kier molecular flexibility index (Phi) is 22.0. The third kappa shape index (κ3) is 17.8. The lowest BCUT2D eigenvalue weighted by atomic mass is 9.83. The van der Waals surface area contributed by atoms with Crippen LogP contribution in [0.1, 0.15) is 85.0 Å². The summed E-state index contributed by atoms with van der Waals surface area (Å²) in [7, 11) is 3.41. The van der Waals surface area contributed by atoms with E-state index < -0.39 is 42.2 Å². The first-order valence-electron chi connectivity index (χ1n) is 26.9. The third-order valence-corrected chi connectivity index (χ3v) is 13.5. The van der Waals surface area contributed by atoms with Crippen LogP contribution >= 0.6 is 0 Å². The third-order valence-electron chi connectivity index (χ3n) is 13.5. The molecule has 1 aliphatic carbocycles. The molecule has 80 heavy (non-hydrogen) atoms. The van der Waals surface area contributed by atoms with Gasteiger partial charge in [0.05, 0.1) is 76.3 Å². The number of ether oxygens (including phenoxy) is 5. The maximum Gasteiger partial charge on any atom is 0.405 e. The number of carbonyl (C=O) groups is 4. The number of alkyl halides is 3. The highest BCUT2D eigenvalue weighted by atomic mass is 19.4. The molecule has 4 heterocycles. The molecule has 6 N–H and O–H groups in total. The number of rotatable bonds is 29. The molecule has 2 aliphatic rings. The van der Waals surface area contributed by atoms with E-state index >= 15 is 0 Å². The first-order valence-corrected chi connectivity index (χ1v) is 26.9. The number of likely N-dealkylation sites (N-methyl/N-ethyl adjacent to an activating group) is 1. The van der Waals surface area contributed by atoms with Crippen molar-refractivity contribution in [3.05, 3.63) is 107 Å². The number of amides is 4. The van der Waals surface area contributed by atoms with Gasteiger partial charge in [0, 0.05) is 51.1 Å². The number of hydrogen-bond donors (Lipinski definition) is 6. The lowest BCUT2D eigenvalue weighted by molar-refractivity contribution is -0.147. The van der Waals surface area contributed by atoms with Gasteiger partial charge in [0.25, 0.3) is 5.91 Å². The summed E-state index contributed by atoms with van der Waals surface area (Å²) in [6.45, 7) is 10.4. The van der Waals surface area contributed by atoms with Gasteiger partial charge in [0.1, 0.15) is 43.1 Å². The number of carbonyl (C=O) groups excluding carboxylic acids is 4. The van der Waals surface area contributed by atoms with Gasteiger partial charge in [0.2, 0.25) is 23.6 Å². The first kappa shape index (κ1) is 60.7. The second-order valence-corrected chi connectivity index (χ2v) is 20.6. The molecule has 5 aromatic rings. The van der Waals surface area contributed by atoms with Crippen molar-refractivity contribution in [2.75, 3.05) is 90.2 Å². The smallest absolute Gasteiger partial charge is 0.405 e. The Balaban J connectivity index is 0.760. The van der Waals surface area contributed by atoms with Crippen molar-refractivity contribution in [3.63, 3.8) is 0 Å². The van der Waals surface area contributed by atoms with Crippen LogP contribution in [0.2, 0.25) is 0 Å². The lowest BCUT2D eigenvalue weighted by Crippen LogP contribution is -2.62. The Morgan fingerprint density at radius 3 is 2.30 bits per heavy atom. The van der Waals surface area contributed by atoms with Crippen LogP contribution in [0.25, 0.3) is 11.5 Å². The van der Waals surface area contributed by atoms with E-state index in [4.69, 9.17) is 28.1 Å². The summed E-state index contributed by atoms with van der Waals surface area (Å²) in [5.41, 5.74) is 4.81. The lowest BCUT2D eigenvalue weighted by Gasteiger charge is -2.41. The molecule has 4 atom stereocenters. The minimum Gasteiger partial charge on any atom is -0.491 e. The number of pyridine rings is 1. The summed E-state index contributed by atoms with van der Waals surface area (Å²) in [6.07, 6.45) is 2.72. The van der Waals surface area contributed by atoms with Crippen LogP contribution in [-0.2, 0) is 66.3 Å². The molecule has 0 bridgehead atoms. The van der Waals surface area contributed by atoms with Crippen molar-refractivity contribution in [1.29, 1.82) is 0 Å². The second-order valence-electron chi connectivity index (χ2n) is 20.6. The SMILES string of the molecule is CN[C@@H](C)C(=O)N[C@H](C(=O)N1Cc2cc(OCCOCCOCCOCCOCCNCc3nn(C)cc3NC(=O)c3coc(-c4ccnc(NCC(F)(F)F)c4)n3)ccc2C[C@H]1C(=O)N[C@@H]1CCCc2ccccc21)C(C)(C)C. The van der Waals surface area contributed by atoms with E-state index in [-0.39, 0.29) is 54.3 Å². The molecule has 2 aromatic carbocycles. The number of aromatic nitrogens is 4. The fourth-order valence-corrected chi connectivity index (χ4v) is 9.15. The van der Waals surface area contributed by atoms with E-state index in [0.717, 1.165) is 42.2 Å². The zero-order valence-electron chi connectivity index (χ0n) is 46.2. The highest BCUT2D eigenvalue weighted by molar-refractivity contribution is 6.03. The maximum atomic E-state index is 14.7. The van der Waals surface area contributed by atoms with Crippen molar-refractivity contribution < 1.29 is 60.5 Å². The van der Waals surface area contributed by atoms with Crippen molar-refractivity contribution in [1.82, 2.24) is 45.9 Å². The van der Waals surface area contributed by atoms with Gasteiger partial charge < -0.3 is 64.9 Å². The van der Waals surface area contributed by atoms with E-state index in [2.05, 4.69) is 59.1 Å². The molecule has 3 aromatic heterocycles. The van der Waals surface area contributed by atoms with Crippen LogP contribution in [0.15, 0.2) is 77.7 Å². The molecule has 0 radical (unpaired) electrons. The molecule has 0 fully saturated rings.